The summed E-state index contributed by atoms with van der Waals surface area (Å²) in [5, 5.41) is 3.25. The van der Waals surface area contributed by atoms with Crippen LogP contribution in [0.2, 0.25) is 0 Å². The summed E-state index contributed by atoms with van der Waals surface area (Å²) in [7, 11) is 0. The first kappa shape index (κ1) is 12.9. The number of carbonyl (C=O) groups is 1. The maximum atomic E-state index is 11.9. The number of Topliss-reactive ketones (excluding diaryl/α,β-unsaturated/α-hetero) is 1. The van der Waals surface area contributed by atoms with Gasteiger partial charge in [-0.05, 0) is 25.5 Å². The molecule has 16 heavy (non-hydrogen) atoms. The van der Waals surface area contributed by atoms with Crippen LogP contribution in [0.1, 0.15) is 43.1 Å². The SMILES string of the molecule is CCNC(C)CC(=O)c1ccc(CC)cc1. The smallest absolute Gasteiger partial charge is 0.164 e. The van der Waals surface area contributed by atoms with E-state index in [2.05, 4.69) is 19.2 Å². The Balaban J connectivity index is 2.59. The minimum atomic E-state index is 0.219. The monoisotopic (exact) mass is 219 g/mol. The first-order valence-corrected chi connectivity index (χ1v) is 6.02. The lowest BCUT2D eigenvalue weighted by atomic mass is 10.0. The van der Waals surface area contributed by atoms with Crippen molar-refractivity contribution < 1.29 is 4.79 Å². The fraction of sp³-hybridized carbons (Fsp3) is 0.500. The van der Waals surface area contributed by atoms with Gasteiger partial charge in [-0.1, -0.05) is 38.1 Å². The molecule has 1 unspecified atom stereocenters. The van der Waals surface area contributed by atoms with Gasteiger partial charge in [0.15, 0.2) is 5.78 Å². The molecule has 0 aromatic heterocycles. The molecule has 2 nitrogen and oxygen atoms in total. The van der Waals surface area contributed by atoms with E-state index < -0.39 is 0 Å². The highest BCUT2D eigenvalue weighted by Gasteiger charge is 2.09. The average Bonchev–Trinajstić information content (AvgIpc) is 2.29. The van der Waals surface area contributed by atoms with Crippen molar-refractivity contribution in [3.05, 3.63) is 35.4 Å². The number of ketones is 1. The van der Waals surface area contributed by atoms with Gasteiger partial charge < -0.3 is 5.32 Å². The lowest BCUT2D eigenvalue weighted by molar-refractivity contribution is 0.0972. The van der Waals surface area contributed by atoms with E-state index in [0.717, 1.165) is 18.5 Å². The topological polar surface area (TPSA) is 29.1 Å². The van der Waals surface area contributed by atoms with Crippen molar-refractivity contribution in [3.8, 4) is 0 Å². The van der Waals surface area contributed by atoms with Crippen molar-refractivity contribution in [1.29, 1.82) is 0 Å². The molecule has 0 saturated heterocycles. The maximum Gasteiger partial charge on any atom is 0.164 e. The van der Waals surface area contributed by atoms with Crippen LogP contribution in [0.15, 0.2) is 24.3 Å². The van der Waals surface area contributed by atoms with E-state index in [1.807, 2.05) is 31.2 Å². The predicted octanol–water partition coefficient (Wildman–Crippen LogP) is 2.82. The van der Waals surface area contributed by atoms with E-state index in [1.165, 1.54) is 5.56 Å². The van der Waals surface area contributed by atoms with Crippen molar-refractivity contribution in [1.82, 2.24) is 5.32 Å². The second kappa shape index (κ2) is 6.44. The van der Waals surface area contributed by atoms with Crippen LogP contribution >= 0.6 is 0 Å². The van der Waals surface area contributed by atoms with E-state index in [1.54, 1.807) is 0 Å². The van der Waals surface area contributed by atoms with Crippen LogP contribution in [0.3, 0.4) is 0 Å². The average molecular weight is 219 g/mol. The summed E-state index contributed by atoms with van der Waals surface area (Å²) in [4.78, 5) is 11.9. The summed E-state index contributed by atoms with van der Waals surface area (Å²) in [6.07, 6.45) is 1.58. The first-order valence-electron chi connectivity index (χ1n) is 6.02. The summed E-state index contributed by atoms with van der Waals surface area (Å²) in [5.41, 5.74) is 2.10. The van der Waals surface area contributed by atoms with Gasteiger partial charge in [0.05, 0.1) is 0 Å². The highest BCUT2D eigenvalue weighted by atomic mass is 16.1. The zero-order valence-corrected chi connectivity index (χ0v) is 10.4. The lowest BCUT2D eigenvalue weighted by Gasteiger charge is -2.11. The van der Waals surface area contributed by atoms with E-state index in [-0.39, 0.29) is 11.8 Å². The first-order chi connectivity index (χ1) is 7.67. The number of benzene rings is 1. The van der Waals surface area contributed by atoms with Gasteiger partial charge in [-0.2, -0.15) is 0 Å². The summed E-state index contributed by atoms with van der Waals surface area (Å²) < 4.78 is 0. The van der Waals surface area contributed by atoms with Crippen LogP contribution in [0.4, 0.5) is 0 Å². The summed E-state index contributed by atoms with van der Waals surface area (Å²) in [6.45, 7) is 7.12. The molecule has 0 aliphatic heterocycles. The number of carbonyl (C=O) groups excluding carboxylic acids is 1. The molecular weight excluding hydrogens is 198 g/mol. The zero-order valence-electron chi connectivity index (χ0n) is 10.4. The molecule has 0 saturated carbocycles. The summed E-state index contributed by atoms with van der Waals surface area (Å²) in [6, 6.07) is 8.18. The highest BCUT2D eigenvalue weighted by Crippen LogP contribution is 2.08. The summed E-state index contributed by atoms with van der Waals surface area (Å²) in [5.74, 6) is 0.219. The van der Waals surface area contributed by atoms with Crippen LogP contribution in [0, 0.1) is 0 Å². The maximum absolute atomic E-state index is 11.9. The van der Waals surface area contributed by atoms with Crippen LogP contribution in [0.5, 0.6) is 0 Å². The molecule has 0 amide bonds. The van der Waals surface area contributed by atoms with Gasteiger partial charge >= 0.3 is 0 Å². The Bertz CT molecular complexity index is 329. The molecule has 1 N–H and O–H groups in total. The van der Waals surface area contributed by atoms with Crippen molar-refractivity contribution >= 4 is 5.78 Å². The molecule has 88 valence electrons. The fourth-order valence-corrected chi connectivity index (χ4v) is 1.74. The molecule has 2 heteroatoms. The van der Waals surface area contributed by atoms with E-state index in [9.17, 15) is 4.79 Å². The van der Waals surface area contributed by atoms with Crippen molar-refractivity contribution in [2.45, 2.75) is 39.7 Å². The summed E-state index contributed by atoms with van der Waals surface area (Å²) >= 11 is 0. The Morgan fingerprint density at radius 1 is 1.25 bits per heavy atom. The molecule has 0 aliphatic rings. The van der Waals surface area contributed by atoms with Gasteiger partial charge in [-0.15, -0.1) is 0 Å². The van der Waals surface area contributed by atoms with Crippen LogP contribution in [0.25, 0.3) is 0 Å². The van der Waals surface area contributed by atoms with Gasteiger partial charge in [0, 0.05) is 18.0 Å². The molecular formula is C14H21NO. The van der Waals surface area contributed by atoms with Crippen LogP contribution in [-0.4, -0.2) is 18.4 Å². The minimum absolute atomic E-state index is 0.219. The molecule has 1 rings (SSSR count). The van der Waals surface area contributed by atoms with Crippen LogP contribution in [-0.2, 0) is 6.42 Å². The molecule has 1 aromatic rings. The zero-order chi connectivity index (χ0) is 12.0. The number of nitrogens with one attached hydrogen (secondary N) is 1. The second-order valence-electron chi connectivity index (χ2n) is 4.14. The molecule has 0 radical (unpaired) electrons. The molecule has 0 heterocycles. The standard InChI is InChI=1S/C14H21NO/c1-4-12-6-8-13(9-7-12)14(16)10-11(3)15-5-2/h6-9,11,15H,4-5,10H2,1-3H3. The third kappa shape index (κ3) is 3.78. The van der Waals surface area contributed by atoms with E-state index >= 15 is 0 Å². The van der Waals surface area contributed by atoms with Gasteiger partial charge in [0.1, 0.15) is 0 Å². The fourth-order valence-electron chi connectivity index (χ4n) is 1.74. The van der Waals surface area contributed by atoms with Crippen molar-refractivity contribution in [2.24, 2.45) is 0 Å². The quantitative estimate of drug-likeness (QED) is 0.745. The van der Waals surface area contributed by atoms with Crippen molar-refractivity contribution in [3.63, 3.8) is 0 Å². The van der Waals surface area contributed by atoms with Gasteiger partial charge in [0.2, 0.25) is 0 Å². The Morgan fingerprint density at radius 2 is 1.88 bits per heavy atom. The molecule has 0 bridgehead atoms. The van der Waals surface area contributed by atoms with E-state index in [0.29, 0.717) is 6.42 Å². The molecule has 1 atom stereocenters. The Morgan fingerprint density at radius 3 is 2.38 bits per heavy atom. The number of hydrogen-bond acceptors (Lipinski definition) is 2. The van der Waals surface area contributed by atoms with Gasteiger partial charge in [0.25, 0.3) is 0 Å². The Hall–Kier alpha value is -1.15. The Kier molecular flexibility index (Phi) is 5.20. The molecule has 0 fully saturated rings. The number of aryl methyl sites for hydroxylation is 1. The largest absolute Gasteiger partial charge is 0.314 e. The lowest BCUT2D eigenvalue weighted by Crippen LogP contribution is -2.28. The van der Waals surface area contributed by atoms with Crippen molar-refractivity contribution in [2.75, 3.05) is 6.54 Å². The molecule has 0 spiro atoms. The highest BCUT2D eigenvalue weighted by molar-refractivity contribution is 5.96. The van der Waals surface area contributed by atoms with Gasteiger partial charge in [-0.25, -0.2) is 0 Å². The second-order valence-corrected chi connectivity index (χ2v) is 4.14. The number of rotatable bonds is 6. The number of hydrogen-bond donors (Lipinski definition) is 1. The van der Waals surface area contributed by atoms with Crippen LogP contribution < -0.4 is 5.32 Å². The molecule has 1 aromatic carbocycles. The third-order valence-corrected chi connectivity index (χ3v) is 2.73. The third-order valence-electron chi connectivity index (χ3n) is 2.73. The minimum Gasteiger partial charge on any atom is -0.314 e. The predicted molar refractivity (Wildman–Crippen MR) is 67.9 cm³/mol. The normalized spacial score (nSPS) is 12.4. The molecule has 0 aliphatic carbocycles. The Labute approximate surface area is 98.1 Å². The van der Waals surface area contributed by atoms with Gasteiger partial charge in [-0.3, -0.25) is 4.79 Å². The van der Waals surface area contributed by atoms with E-state index in [4.69, 9.17) is 0 Å².